The summed E-state index contributed by atoms with van der Waals surface area (Å²) in [5.41, 5.74) is 15.7. The van der Waals surface area contributed by atoms with Gasteiger partial charge in [0.25, 0.3) is 0 Å². The first-order chi connectivity index (χ1) is 25.9. The molecule has 7 aromatic rings. The molecule has 0 amide bonds. The second-order valence-corrected chi connectivity index (χ2v) is 32.0. The normalized spacial score (nSPS) is 21.2. The van der Waals surface area contributed by atoms with Crippen LogP contribution in [0.15, 0.2) is 163 Å². The third kappa shape index (κ3) is 4.55. The van der Waals surface area contributed by atoms with E-state index in [0.717, 1.165) is 12.8 Å². The molecule has 0 fully saturated rings. The van der Waals surface area contributed by atoms with Crippen molar-refractivity contribution in [1.82, 2.24) is 0 Å². The third-order valence-corrected chi connectivity index (χ3v) is 28.5. The van der Waals surface area contributed by atoms with E-state index in [4.69, 9.17) is 0 Å². The van der Waals surface area contributed by atoms with Crippen LogP contribution in [0.5, 0.6) is 0 Å². The first-order valence-corrected chi connectivity index (χ1v) is 29.9. The number of hydrogen-bond acceptors (Lipinski definition) is 0. The number of rotatable bonds is 5. The van der Waals surface area contributed by atoms with Crippen LogP contribution in [0, 0.1) is 0 Å². The molecule has 0 nitrogen and oxygen atoms in total. The molecule has 2 aliphatic carbocycles. The molecule has 1 aliphatic heterocycles. The topological polar surface area (TPSA) is 0 Å². The Morgan fingerprint density at radius 1 is 0.472 bits per heavy atom. The van der Waals surface area contributed by atoms with Crippen LogP contribution in [0.25, 0.3) is 32.7 Å². The second-order valence-electron chi connectivity index (χ2n) is 16.3. The molecule has 2 atom stereocenters. The Kier molecular flexibility index (Phi) is 7.74. The summed E-state index contributed by atoms with van der Waals surface area (Å²) in [7, 11) is -2.66. The Hall–Kier alpha value is -4.36. The Morgan fingerprint density at radius 2 is 0.887 bits per heavy atom. The van der Waals surface area contributed by atoms with E-state index in [-0.39, 0.29) is 0 Å². The zero-order valence-corrected chi connectivity index (χ0v) is 35.0. The molecule has 0 saturated carbocycles. The predicted octanol–water partition coefficient (Wildman–Crippen LogP) is 11.9. The molecule has 3 aliphatic rings. The summed E-state index contributed by atoms with van der Waals surface area (Å²) in [5, 5.41) is 10.1. The van der Waals surface area contributed by atoms with Gasteiger partial charge in [-0.3, -0.25) is 0 Å². The molecule has 0 N–H and O–H groups in total. The van der Waals surface area contributed by atoms with Gasteiger partial charge in [0.05, 0.1) is 0 Å². The van der Waals surface area contributed by atoms with Crippen molar-refractivity contribution in [2.24, 2.45) is 0 Å². The average Bonchev–Trinajstić information content (AvgIpc) is 3.74. The van der Waals surface area contributed by atoms with Gasteiger partial charge in [-0.15, -0.1) is 0 Å². The van der Waals surface area contributed by atoms with E-state index in [2.05, 4.69) is 181 Å². The standard InChI is InChI=1S/C49H40Si.2CH3.Zr/c1-4-33-31-37-21-15-29-44(48(37)46(33)42-27-13-19-35-17-9-11-25-40(35)42)50(3,39-23-7-6-8-24-39)45-30-16-22-38-32-34(5-2)47(49(38)45)43-28-14-20-36-18-10-12-26-41(36)43;;;/h6-32H,4-5H2,1-3H3;2*1H3;. The Bertz CT molecular complexity index is 2520. The van der Waals surface area contributed by atoms with Gasteiger partial charge in [-0.2, -0.15) is 0 Å². The van der Waals surface area contributed by atoms with Crippen LogP contribution in [-0.2, 0) is 20.3 Å². The predicted molar refractivity (Wildman–Crippen MR) is 228 cm³/mol. The van der Waals surface area contributed by atoms with Gasteiger partial charge in [0.2, 0.25) is 0 Å². The zero-order chi connectivity index (χ0) is 36.1. The number of fused-ring (bicyclic) bond motifs is 2. The Labute approximate surface area is 320 Å². The number of allylic oxidation sites excluding steroid dienone is 2. The molecular formula is C51H46SiZr. The van der Waals surface area contributed by atoms with Crippen molar-refractivity contribution in [1.29, 1.82) is 0 Å². The van der Waals surface area contributed by atoms with E-state index >= 15 is 0 Å². The summed E-state index contributed by atoms with van der Waals surface area (Å²) in [6, 6.07) is 59.0. The molecule has 53 heavy (non-hydrogen) atoms. The van der Waals surface area contributed by atoms with Crippen molar-refractivity contribution in [3.63, 3.8) is 0 Å². The third-order valence-electron chi connectivity index (χ3n) is 13.5. The molecular weight excluding hydrogens is 732 g/mol. The maximum absolute atomic E-state index is 3.30. The second kappa shape index (κ2) is 12.3. The molecule has 7 aromatic carbocycles. The molecule has 1 heterocycles. The van der Waals surface area contributed by atoms with Crippen LogP contribution in [0.1, 0.15) is 67.3 Å². The summed E-state index contributed by atoms with van der Waals surface area (Å²) in [4.78, 5) is 0. The first-order valence-electron chi connectivity index (χ1n) is 19.6. The fourth-order valence-electron chi connectivity index (χ4n) is 11.4. The van der Waals surface area contributed by atoms with E-state index < -0.39 is 28.3 Å². The SMILES string of the molecule is CCC1=C(c2cccc3ccccc23)c2c3cccc2[Si](C)(c2ccccc2)c2cccc4c2C(c2cccc5ccccc25)=C(CC)[CH]4[Zr]([CH3])([CH3])[CH]13. The van der Waals surface area contributed by atoms with Crippen molar-refractivity contribution < 1.29 is 20.3 Å². The van der Waals surface area contributed by atoms with Crippen LogP contribution in [0.3, 0.4) is 0 Å². The van der Waals surface area contributed by atoms with Gasteiger partial charge in [-0.05, 0) is 0 Å². The van der Waals surface area contributed by atoms with Crippen LogP contribution in [-0.4, -0.2) is 8.07 Å². The maximum atomic E-state index is 2.82. The van der Waals surface area contributed by atoms with Gasteiger partial charge in [-0.1, -0.05) is 0 Å². The fraction of sp³-hybridized carbons (Fsp3) is 0.176. The molecule has 2 unspecified atom stereocenters. The summed E-state index contributed by atoms with van der Waals surface area (Å²) in [6.07, 6.45) is 2.14. The van der Waals surface area contributed by atoms with Gasteiger partial charge in [-0.25, -0.2) is 0 Å². The molecule has 8 bridgehead atoms. The van der Waals surface area contributed by atoms with Crippen LogP contribution in [0.2, 0.25) is 15.8 Å². The van der Waals surface area contributed by atoms with E-state index in [1.54, 1.807) is 54.9 Å². The quantitative estimate of drug-likeness (QED) is 0.153. The summed E-state index contributed by atoms with van der Waals surface area (Å²) in [5.74, 6) is 0. The summed E-state index contributed by atoms with van der Waals surface area (Å²) < 4.78 is 6.60. The van der Waals surface area contributed by atoms with Crippen molar-refractivity contribution in [2.45, 2.75) is 49.8 Å². The zero-order valence-electron chi connectivity index (χ0n) is 31.5. The summed E-state index contributed by atoms with van der Waals surface area (Å²) >= 11 is -3.30. The van der Waals surface area contributed by atoms with Crippen molar-refractivity contribution in [3.05, 3.63) is 196 Å². The number of hydrogen-bond donors (Lipinski definition) is 0. The molecule has 0 saturated heterocycles. The molecule has 10 rings (SSSR count). The molecule has 0 aromatic heterocycles. The van der Waals surface area contributed by atoms with Gasteiger partial charge in [0.15, 0.2) is 0 Å². The van der Waals surface area contributed by atoms with Gasteiger partial charge in [0, 0.05) is 0 Å². The summed E-state index contributed by atoms with van der Waals surface area (Å²) in [6.45, 7) is 7.59. The van der Waals surface area contributed by atoms with Gasteiger partial charge >= 0.3 is 323 Å². The van der Waals surface area contributed by atoms with Crippen LogP contribution >= 0.6 is 0 Å². The fourth-order valence-corrected chi connectivity index (χ4v) is 27.6. The van der Waals surface area contributed by atoms with Gasteiger partial charge < -0.3 is 0 Å². The molecule has 2 heteroatoms. The Balaban J connectivity index is 1.41. The molecule has 258 valence electrons. The monoisotopic (exact) mass is 776 g/mol. The van der Waals surface area contributed by atoms with Crippen molar-refractivity contribution in [2.75, 3.05) is 0 Å². The minimum atomic E-state index is -3.30. The molecule has 0 radical (unpaired) electrons. The van der Waals surface area contributed by atoms with Crippen molar-refractivity contribution in [3.8, 4) is 0 Å². The minimum absolute atomic E-state index is 0.486. The van der Waals surface area contributed by atoms with Crippen LogP contribution < -0.4 is 15.6 Å². The number of benzene rings is 7. The van der Waals surface area contributed by atoms with E-state index in [1.165, 1.54) is 37.9 Å². The van der Waals surface area contributed by atoms with Crippen LogP contribution in [0.4, 0.5) is 0 Å². The van der Waals surface area contributed by atoms with E-state index in [0.29, 0.717) is 7.25 Å². The van der Waals surface area contributed by atoms with E-state index in [1.807, 2.05) is 0 Å². The van der Waals surface area contributed by atoms with Crippen molar-refractivity contribution >= 4 is 56.3 Å². The Morgan fingerprint density at radius 3 is 1.36 bits per heavy atom. The average molecular weight is 778 g/mol. The first kappa shape index (κ1) is 33.2. The molecule has 0 spiro atoms. The van der Waals surface area contributed by atoms with Gasteiger partial charge in [0.1, 0.15) is 0 Å². The van der Waals surface area contributed by atoms with E-state index in [9.17, 15) is 0 Å².